The fourth-order valence-electron chi connectivity index (χ4n) is 5.40. The zero-order chi connectivity index (χ0) is 28.3. The van der Waals surface area contributed by atoms with Crippen molar-refractivity contribution in [1.82, 2.24) is 4.98 Å². The Morgan fingerprint density at radius 3 is 2.17 bits per heavy atom. The van der Waals surface area contributed by atoms with Gasteiger partial charge in [0.2, 0.25) is 0 Å². The van der Waals surface area contributed by atoms with E-state index >= 15 is 0 Å². The molecule has 232 valence electrons. The summed E-state index contributed by atoms with van der Waals surface area (Å²) in [5, 5.41) is 0. The summed E-state index contributed by atoms with van der Waals surface area (Å²) in [6.07, 6.45) is 21.9. The largest absolute Gasteiger partial charge is 1.00 e. The van der Waals surface area contributed by atoms with Crippen LogP contribution >= 0.6 is 0 Å². The van der Waals surface area contributed by atoms with Gasteiger partial charge in [-0.25, -0.2) is 0 Å². The van der Waals surface area contributed by atoms with Gasteiger partial charge < -0.3 is 31.1 Å². The van der Waals surface area contributed by atoms with E-state index in [-0.39, 0.29) is 24.7 Å². The van der Waals surface area contributed by atoms with Crippen LogP contribution in [0.25, 0.3) is 0 Å². The molecule has 1 atom stereocenters. The predicted molar refractivity (Wildman–Crippen MR) is 160 cm³/mol. The number of carbonyl (C=O) groups is 1. The topological polar surface area (TPSA) is 57.7 Å². The van der Waals surface area contributed by atoms with Gasteiger partial charge in [0.05, 0.1) is 39.5 Å². The van der Waals surface area contributed by atoms with Gasteiger partial charge >= 0.3 is 5.97 Å². The number of rotatable bonds is 22. The number of aromatic nitrogens is 1. The number of ether oxygens (including phenoxy) is 3. The first-order chi connectivity index (χ1) is 18.9. The highest BCUT2D eigenvalue weighted by Gasteiger charge is 2.27. The molecule has 0 bridgehead atoms. The second-order valence-corrected chi connectivity index (χ2v) is 12.2. The Balaban J connectivity index is 0.00000800. The van der Waals surface area contributed by atoms with Crippen LogP contribution in [0.1, 0.15) is 140 Å². The number of carbonyl (C=O) groups excluding carboxylic acids is 1. The van der Waals surface area contributed by atoms with Crippen LogP contribution in [0.2, 0.25) is 0 Å². The van der Waals surface area contributed by atoms with Crippen LogP contribution < -0.4 is 17.1 Å². The van der Waals surface area contributed by atoms with Gasteiger partial charge in [-0.3, -0.25) is 9.78 Å². The molecule has 6 nitrogen and oxygen atoms in total. The lowest BCUT2D eigenvalue weighted by atomic mass is 10.1. The number of aryl methyl sites for hydroxylation is 1. The van der Waals surface area contributed by atoms with E-state index in [9.17, 15) is 4.79 Å². The fraction of sp³-hybridized carbons (Fsp3) is 0.818. The summed E-state index contributed by atoms with van der Waals surface area (Å²) < 4.78 is 18.6. The zero-order valence-electron chi connectivity index (χ0n) is 26.4. The molecular weight excluding hydrogens is 524 g/mol. The van der Waals surface area contributed by atoms with Gasteiger partial charge in [0, 0.05) is 36.6 Å². The van der Waals surface area contributed by atoms with Crippen molar-refractivity contribution in [2.24, 2.45) is 0 Å². The second kappa shape index (κ2) is 21.4. The molecule has 0 radical (unpaired) electrons. The third-order valence-corrected chi connectivity index (χ3v) is 7.86. The Hall–Kier alpha value is -1.37. The van der Waals surface area contributed by atoms with E-state index in [4.69, 9.17) is 14.2 Å². The smallest absolute Gasteiger partial charge is 0.305 e. The fourth-order valence-corrected chi connectivity index (χ4v) is 5.40. The van der Waals surface area contributed by atoms with Gasteiger partial charge in [0.1, 0.15) is 12.3 Å². The van der Waals surface area contributed by atoms with E-state index < -0.39 is 0 Å². The van der Waals surface area contributed by atoms with E-state index in [0.717, 1.165) is 66.7 Å². The Morgan fingerprint density at radius 1 is 0.925 bits per heavy atom. The Labute approximate surface area is 251 Å². The molecule has 0 saturated heterocycles. The SMILES string of the molecule is CCCCCCCCCCCCCC(=O)OCCC[N+](C)(C)Cc1cnc(C)c2c1COC(CCCCC)O2.[Cl-]. The third-order valence-electron chi connectivity index (χ3n) is 7.86. The lowest BCUT2D eigenvalue weighted by Crippen LogP contribution is -3.00. The molecule has 40 heavy (non-hydrogen) atoms. The summed E-state index contributed by atoms with van der Waals surface area (Å²) in [4.78, 5) is 16.8. The van der Waals surface area contributed by atoms with Crippen molar-refractivity contribution in [3.05, 3.63) is 23.0 Å². The monoisotopic (exact) mass is 582 g/mol. The average Bonchev–Trinajstić information content (AvgIpc) is 2.91. The van der Waals surface area contributed by atoms with Crippen molar-refractivity contribution < 1.29 is 35.9 Å². The Bertz CT molecular complexity index is 818. The van der Waals surface area contributed by atoms with Crippen LogP contribution in [0.15, 0.2) is 6.20 Å². The molecule has 7 heteroatoms. The Kier molecular flexibility index (Phi) is 19.6. The molecule has 1 aromatic heterocycles. The molecule has 0 N–H and O–H groups in total. The van der Waals surface area contributed by atoms with Gasteiger partial charge in [-0.1, -0.05) is 90.9 Å². The molecule has 0 saturated carbocycles. The maximum Gasteiger partial charge on any atom is 0.305 e. The van der Waals surface area contributed by atoms with E-state index in [0.29, 0.717) is 19.6 Å². The highest BCUT2D eigenvalue weighted by molar-refractivity contribution is 5.69. The quantitative estimate of drug-likeness (QED) is 0.104. The van der Waals surface area contributed by atoms with Gasteiger partial charge in [-0.05, 0) is 19.8 Å². The first-order valence-corrected chi connectivity index (χ1v) is 16.1. The standard InChI is InChI=1S/C33H59N2O4.ClH/c1-6-8-10-11-12-13-14-15-16-17-19-21-31(36)37-24-20-23-35(4,5)26-29-25-34-28(3)33-30(29)27-38-32(39-33)22-18-9-7-2;/h25,32H,6-24,26-27H2,1-5H3;1H/q+1;/p-1. The number of unbranched alkanes of at least 4 members (excludes halogenated alkanes) is 12. The van der Waals surface area contributed by atoms with Gasteiger partial charge in [-0.15, -0.1) is 0 Å². The summed E-state index contributed by atoms with van der Waals surface area (Å²) >= 11 is 0. The summed E-state index contributed by atoms with van der Waals surface area (Å²) in [7, 11) is 4.44. The minimum Gasteiger partial charge on any atom is -1.00 e. The lowest BCUT2D eigenvalue weighted by molar-refractivity contribution is -0.903. The molecule has 1 aliphatic rings. The average molecular weight is 583 g/mol. The molecule has 0 aromatic carbocycles. The molecule has 1 unspecified atom stereocenters. The molecule has 1 aliphatic heterocycles. The molecule has 1 aromatic rings. The van der Waals surface area contributed by atoms with Crippen LogP contribution in [-0.2, 0) is 27.4 Å². The van der Waals surface area contributed by atoms with Crippen LogP contribution in [0, 0.1) is 6.92 Å². The van der Waals surface area contributed by atoms with Gasteiger partial charge in [-0.2, -0.15) is 0 Å². The van der Waals surface area contributed by atoms with Crippen molar-refractivity contribution in [2.45, 2.75) is 149 Å². The van der Waals surface area contributed by atoms with Crippen LogP contribution in [0.4, 0.5) is 0 Å². The van der Waals surface area contributed by atoms with Crippen LogP contribution in [-0.4, -0.2) is 49.0 Å². The highest BCUT2D eigenvalue weighted by Crippen LogP contribution is 2.33. The van der Waals surface area contributed by atoms with Crippen molar-refractivity contribution in [2.75, 3.05) is 27.2 Å². The number of fused-ring (bicyclic) bond motifs is 1. The number of halogens is 1. The summed E-state index contributed by atoms with van der Waals surface area (Å²) in [6.45, 7) is 9.34. The van der Waals surface area contributed by atoms with Crippen LogP contribution in [0.3, 0.4) is 0 Å². The predicted octanol–water partition coefficient (Wildman–Crippen LogP) is 5.42. The molecule has 0 amide bonds. The van der Waals surface area contributed by atoms with Gasteiger partial charge in [0.15, 0.2) is 6.29 Å². The number of esters is 1. The number of hydrogen-bond donors (Lipinski definition) is 0. The molecule has 2 heterocycles. The molecule has 0 fully saturated rings. The number of pyridine rings is 1. The first-order valence-electron chi connectivity index (χ1n) is 16.1. The number of quaternary nitrogens is 1. The molecule has 0 spiro atoms. The second-order valence-electron chi connectivity index (χ2n) is 12.2. The van der Waals surface area contributed by atoms with Crippen molar-refractivity contribution in [3.63, 3.8) is 0 Å². The van der Waals surface area contributed by atoms with E-state index in [1.807, 2.05) is 13.1 Å². The normalized spacial score (nSPS) is 14.8. The van der Waals surface area contributed by atoms with E-state index in [2.05, 4.69) is 32.9 Å². The number of nitrogens with zero attached hydrogens (tertiary/aromatic N) is 2. The first kappa shape index (κ1) is 36.7. The van der Waals surface area contributed by atoms with E-state index in [1.165, 1.54) is 76.2 Å². The molecule has 2 rings (SSSR count). The summed E-state index contributed by atoms with van der Waals surface area (Å²) in [5.74, 6) is 0.868. The minimum absolute atomic E-state index is 0. The summed E-state index contributed by atoms with van der Waals surface area (Å²) in [6, 6.07) is 0. The van der Waals surface area contributed by atoms with Crippen molar-refractivity contribution in [3.8, 4) is 5.75 Å². The number of hydrogen-bond acceptors (Lipinski definition) is 5. The summed E-state index contributed by atoms with van der Waals surface area (Å²) in [5.41, 5.74) is 3.26. The third kappa shape index (κ3) is 15.0. The Morgan fingerprint density at radius 2 is 1.52 bits per heavy atom. The van der Waals surface area contributed by atoms with E-state index in [1.54, 1.807) is 0 Å². The molecule has 0 aliphatic carbocycles. The van der Waals surface area contributed by atoms with Gasteiger partial charge in [0.25, 0.3) is 0 Å². The minimum atomic E-state index is -0.165. The lowest BCUT2D eigenvalue weighted by Gasteiger charge is -2.33. The maximum atomic E-state index is 12.2. The van der Waals surface area contributed by atoms with Crippen LogP contribution in [0.5, 0.6) is 5.75 Å². The van der Waals surface area contributed by atoms with Crippen molar-refractivity contribution in [1.29, 1.82) is 0 Å². The highest BCUT2D eigenvalue weighted by atomic mass is 35.5. The molecular formula is C33H59ClN2O4. The zero-order valence-corrected chi connectivity index (χ0v) is 27.2. The van der Waals surface area contributed by atoms with Crippen molar-refractivity contribution >= 4 is 5.97 Å². The maximum absolute atomic E-state index is 12.2.